The first-order chi connectivity index (χ1) is 9.79. The van der Waals surface area contributed by atoms with Crippen molar-refractivity contribution in [3.8, 4) is 5.69 Å². The molecular formula is C17H21N3. The van der Waals surface area contributed by atoms with E-state index in [2.05, 4.69) is 42.7 Å². The quantitative estimate of drug-likeness (QED) is 0.900. The number of hydrogen-bond acceptors (Lipinski definition) is 2. The van der Waals surface area contributed by atoms with Crippen LogP contribution in [0.25, 0.3) is 5.69 Å². The van der Waals surface area contributed by atoms with Gasteiger partial charge in [0.1, 0.15) is 0 Å². The lowest BCUT2D eigenvalue weighted by molar-refractivity contribution is 0.686. The van der Waals surface area contributed by atoms with Crippen LogP contribution in [0.2, 0.25) is 0 Å². The summed E-state index contributed by atoms with van der Waals surface area (Å²) in [6.45, 7) is 3.13. The average molecular weight is 267 g/mol. The monoisotopic (exact) mass is 267 g/mol. The van der Waals surface area contributed by atoms with Gasteiger partial charge in [-0.2, -0.15) is 5.10 Å². The second-order valence-corrected chi connectivity index (χ2v) is 6.24. The molecule has 0 atom stereocenters. The zero-order valence-corrected chi connectivity index (χ0v) is 12.0. The van der Waals surface area contributed by atoms with Crippen LogP contribution in [0.15, 0.2) is 30.5 Å². The molecule has 0 spiro atoms. The van der Waals surface area contributed by atoms with Crippen molar-refractivity contribution >= 4 is 0 Å². The summed E-state index contributed by atoms with van der Waals surface area (Å²) < 4.78 is 2.05. The van der Waals surface area contributed by atoms with Crippen molar-refractivity contribution in [3.05, 3.63) is 47.3 Å². The summed E-state index contributed by atoms with van der Waals surface area (Å²) in [6, 6.07) is 9.63. The first-order valence-corrected chi connectivity index (χ1v) is 7.68. The van der Waals surface area contributed by atoms with Crippen molar-refractivity contribution in [1.29, 1.82) is 0 Å². The van der Waals surface area contributed by atoms with Gasteiger partial charge in [-0.25, -0.2) is 4.68 Å². The molecule has 0 saturated heterocycles. The molecule has 0 amide bonds. The fourth-order valence-electron chi connectivity index (χ4n) is 2.63. The maximum atomic E-state index is 4.75. The standard InChI is InChI=1S/C17H21N3/c1-12-2-3-13(11-18-15-6-7-15)10-17(12)20-9-8-16(19-20)14-4-5-14/h2-3,8-10,14-15,18H,4-7,11H2,1H3. The molecular weight excluding hydrogens is 246 g/mol. The van der Waals surface area contributed by atoms with Gasteiger partial charge in [0, 0.05) is 24.7 Å². The van der Waals surface area contributed by atoms with Gasteiger partial charge in [0.25, 0.3) is 0 Å². The van der Waals surface area contributed by atoms with Gasteiger partial charge in [0.05, 0.1) is 11.4 Å². The van der Waals surface area contributed by atoms with Gasteiger partial charge in [-0.05, 0) is 55.9 Å². The van der Waals surface area contributed by atoms with E-state index in [4.69, 9.17) is 5.10 Å². The predicted molar refractivity (Wildman–Crippen MR) is 80.1 cm³/mol. The number of hydrogen-bond donors (Lipinski definition) is 1. The minimum absolute atomic E-state index is 0.719. The molecule has 2 aliphatic rings. The van der Waals surface area contributed by atoms with Crippen molar-refractivity contribution < 1.29 is 0 Å². The number of aromatic nitrogens is 2. The molecule has 4 rings (SSSR count). The Kier molecular flexibility index (Phi) is 2.88. The smallest absolute Gasteiger partial charge is 0.0678 e. The number of nitrogens with one attached hydrogen (secondary N) is 1. The van der Waals surface area contributed by atoms with Crippen LogP contribution in [0.1, 0.15) is 48.4 Å². The van der Waals surface area contributed by atoms with Gasteiger partial charge in [0.15, 0.2) is 0 Å². The minimum atomic E-state index is 0.719. The molecule has 3 nitrogen and oxygen atoms in total. The van der Waals surface area contributed by atoms with Crippen LogP contribution in [0, 0.1) is 6.92 Å². The van der Waals surface area contributed by atoms with Crippen LogP contribution in [0.5, 0.6) is 0 Å². The summed E-state index contributed by atoms with van der Waals surface area (Å²) in [7, 11) is 0. The van der Waals surface area contributed by atoms with Crippen molar-refractivity contribution in [1.82, 2.24) is 15.1 Å². The maximum absolute atomic E-state index is 4.75. The molecule has 3 heteroatoms. The zero-order chi connectivity index (χ0) is 13.5. The summed E-state index contributed by atoms with van der Waals surface area (Å²) >= 11 is 0. The highest BCUT2D eigenvalue weighted by Crippen LogP contribution is 2.39. The second-order valence-electron chi connectivity index (χ2n) is 6.24. The van der Waals surface area contributed by atoms with Crippen LogP contribution < -0.4 is 5.32 Å². The fraction of sp³-hybridized carbons (Fsp3) is 0.471. The van der Waals surface area contributed by atoms with Gasteiger partial charge >= 0.3 is 0 Å². The SMILES string of the molecule is Cc1ccc(CNC2CC2)cc1-n1ccc(C2CC2)n1. The number of rotatable bonds is 5. The fourth-order valence-corrected chi connectivity index (χ4v) is 2.63. The van der Waals surface area contributed by atoms with E-state index in [1.54, 1.807) is 0 Å². The van der Waals surface area contributed by atoms with E-state index in [0.717, 1.165) is 18.5 Å². The molecule has 0 unspecified atom stereocenters. The Labute approximate surface area is 120 Å². The third-order valence-corrected chi connectivity index (χ3v) is 4.30. The molecule has 0 aliphatic heterocycles. The van der Waals surface area contributed by atoms with Gasteiger partial charge in [0.2, 0.25) is 0 Å². The van der Waals surface area contributed by atoms with Gasteiger partial charge in [-0.3, -0.25) is 0 Å². The molecule has 2 aromatic rings. The molecule has 2 aliphatic carbocycles. The van der Waals surface area contributed by atoms with Crippen LogP contribution >= 0.6 is 0 Å². The molecule has 2 saturated carbocycles. The van der Waals surface area contributed by atoms with E-state index in [1.807, 2.05) is 4.68 Å². The van der Waals surface area contributed by atoms with E-state index in [0.29, 0.717) is 0 Å². The minimum Gasteiger partial charge on any atom is -0.310 e. The first-order valence-electron chi connectivity index (χ1n) is 7.68. The van der Waals surface area contributed by atoms with E-state index in [-0.39, 0.29) is 0 Å². The van der Waals surface area contributed by atoms with Crippen LogP contribution in [0.4, 0.5) is 0 Å². The highest BCUT2D eigenvalue weighted by molar-refractivity contribution is 5.43. The summed E-state index contributed by atoms with van der Waals surface area (Å²) in [5.74, 6) is 0.719. The summed E-state index contributed by atoms with van der Waals surface area (Å²) in [5.41, 5.74) is 5.10. The number of benzene rings is 1. The number of aryl methyl sites for hydroxylation is 1. The van der Waals surface area contributed by atoms with Gasteiger partial charge < -0.3 is 5.32 Å². The van der Waals surface area contributed by atoms with Gasteiger partial charge in [-0.15, -0.1) is 0 Å². The Morgan fingerprint density at radius 3 is 2.80 bits per heavy atom. The largest absolute Gasteiger partial charge is 0.310 e. The lowest BCUT2D eigenvalue weighted by Gasteiger charge is -2.10. The van der Waals surface area contributed by atoms with Crippen molar-refractivity contribution in [2.75, 3.05) is 0 Å². The molecule has 1 aromatic carbocycles. The van der Waals surface area contributed by atoms with Crippen LogP contribution in [-0.2, 0) is 6.54 Å². The Morgan fingerprint density at radius 1 is 1.20 bits per heavy atom. The maximum Gasteiger partial charge on any atom is 0.0678 e. The second kappa shape index (κ2) is 4.74. The first kappa shape index (κ1) is 12.2. The third-order valence-electron chi connectivity index (χ3n) is 4.30. The average Bonchev–Trinajstić information content (AvgIpc) is 3.38. The van der Waals surface area contributed by atoms with E-state index < -0.39 is 0 Å². The molecule has 2 fully saturated rings. The van der Waals surface area contributed by atoms with Crippen LogP contribution in [0.3, 0.4) is 0 Å². The molecule has 0 bridgehead atoms. The normalized spacial score (nSPS) is 18.4. The van der Waals surface area contributed by atoms with E-state index >= 15 is 0 Å². The number of nitrogens with zero attached hydrogens (tertiary/aromatic N) is 2. The highest BCUT2D eigenvalue weighted by Gasteiger charge is 2.26. The molecule has 104 valence electrons. The third kappa shape index (κ3) is 2.50. The topological polar surface area (TPSA) is 29.9 Å². The van der Waals surface area contributed by atoms with Crippen molar-refractivity contribution in [2.45, 2.75) is 51.1 Å². The predicted octanol–water partition coefficient (Wildman–Crippen LogP) is 3.31. The molecule has 0 radical (unpaired) electrons. The Hall–Kier alpha value is -1.61. The lowest BCUT2D eigenvalue weighted by atomic mass is 10.1. The van der Waals surface area contributed by atoms with Crippen molar-refractivity contribution in [3.63, 3.8) is 0 Å². The summed E-state index contributed by atoms with van der Waals surface area (Å²) in [4.78, 5) is 0. The van der Waals surface area contributed by atoms with E-state index in [1.165, 1.54) is 48.2 Å². The Balaban J connectivity index is 1.58. The Bertz CT molecular complexity index is 621. The highest BCUT2D eigenvalue weighted by atomic mass is 15.3. The lowest BCUT2D eigenvalue weighted by Crippen LogP contribution is -2.15. The summed E-state index contributed by atoms with van der Waals surface area (Å²) in [5, 5.41) is 8.32. The molecule has 1 heterocycles. The summed E-state index contributed by atoms with van der Waals surface area (Å²) in [6.07, 6.45) is 7.39. The van der Waals surface area contributed by atoms with Gasteiger partial charge in [-0.1, -0.05) is 12.1 Å². The van der Waals surface area contributed by atoms with E-state index in [9.17, 15) is 0 Å². The molecule has 1 N–H and O–H groups in total. The zero-order valence-electron chi connectivity index (χ0n) is 12.0. The Morgan fingerprint density at radius 2 is 2.05 bits per heavy atom. The van der Waals surface area contributed by atoms with Crippen molar-refractivity contribution in [2.24, 2.45) is 0 Å². The molecule has 20 heavy (non-hydrogen) atoms. The van der Waals surface area contributed by atoms with Crippen LogP contribution in [-0.4, -0.2) is 15.8 Å². The molecule has 1 aromatic heterocycles.